The van der Waals surface area contributed by atoms with Crippen LogP contribution in [0.1, 0.15) is 10.4 Å². The fraction of sp³-hybridized carbons (Fsp3) is 0.417. The van der Waals surface area contributed by atoms with Gasteiger partial charge in [-0.2, -0.15) is 0 Å². The highest BCUT2D eigenvalue weighted by Crippen LogP contribution is 2.25. The topological polar surface area (TPSA) is 23.6 Å². The van der Waals surface area contributed by atoms with Crippen LogP contribution in [0.5, 0.6) is 0 Å². The molecule has 0 aliphatic carbocycles. The van der Waals surface area contributed by atoms with Crippen molar-refractivity contribution in [2.24, 2.45) is 0 Å². The monoisotopic (exact) mass is 408 g/mol. The molecule has 0 bridgehead atoms. The molecular weight excluding hydrogens is 395 g/mol. The highest BCUT2D eigenvalue weighted by Gasteiger charge is 2.33. The number of hydrogen-bond acceptors (Lipinski definition) is 2. The van der Waals surface area contributed by atoms with Crippen molar-refractivity contribution in [3.8, 4) is 0 Å². The van der Waals surface area contributed by atoms with Crippen LogP contribution in [0.15, 0.2) is 22.7 Å². The Morgan fingerprint density at radius 3 is 2.71 bits per heavy atom. The highest BCUT2D eigenvalue weighted by atomic mass is 127. The Morgan fingerprint density at radius 2 is 2.12 bits per heavy atom. The lowest BCUT2D eigenvalue weighted by Gasteiger charge is -2.42. The van der Waals surface area contributed by atoms with E-state index in [0.717, 1.165) is 26.7 Å². The van der Waals surface area contributed by atoms with Gasteiger partial charge in [0.15, 0.2) is 0 Å². The third-order valence-electron chi connectivity index (χ3n) is 3.06. The summed E-state index contributed by atoms with van der Waals surface area (Å²) in [7, 11) is 4.10. The lowest BCUT2D eigenvalue weighted by atomic mass is 10.1. The van der Waals surface area contributed by atoms with Gasteiger partial charge in [0.1, 0.15) is 0 Å². The van der Waals surface area contributed by atoms with Crippen molar-refractivity contribution >= 4 is 44.4 Å². The molecule has 1 aliphatic heterocycles. The average molecular weight is 409 g/mol. The Morgan fingerprint density at radius 1 is 1.47 bits per heavy atom. The van der Waals surface area contributed by atoms with Gasteiger partial charge in [0.2, 0.25) is 0 Å². The minimum atomic E-state index is 0.133. The molecule has 1 heterocycles. The second-order valence-corrected chi connectivity index (χ2v) is 6.36. The van der Waals surface area contributed by atoms with Gasteiger partial charge >= 0.3 is 0 Å². The van der Waals surface area contributed by atoms with E-state index in [9.17, 15) is 4.79 Å². The molecule has 1 saturated heterocycles. The van der Waals surface area contributed by atoms with Crippen LogP contribution in [0.3, 0.4) is 0 Å². The Hall–Kier alpha value is -0.140. The minimum absolute atomic E-state index is 0.133. The average Bonchev–Trinajstić information content (AvgIpc) is 2.19. The molecule has 3 nitrogen and oxygen atoms in total. The second kappa shape index (κ2) is 5.24. The third-order valence-corrected chi connectivity index (χ3v) is 5.63. The van der Waals surface area contributed by atoms with Crippen LogP contribution in [0.25, 0.3) is 0 Å². The van der Waals surface area contributed by atoms with Crippen LogP contribution < -0.4 is 0 Å². The highest BCUT2D eigenvalue weighted by molar-refractivity contribution is 14.1. The number of benzene rings is 1. The summed E-state index contributed by atoms with van der Waals surface area (Å²) in [6.07, 6.45) is 0. The zero-order valence-electron chi connectivity index (χ0n) is 9.78. The molecule has 0 spiro atoms. The first-order valence-electron chi connectivity index (χ1n) is 5.40. The van der Waals surface area contributed by atoms with Crippen LogP contribution in [-0.4, -0.2) is 48.9 Å². The van der Waals surface area contributed by atoms with E-state index in [1.54, 1.807) is 0 Å². The third kappa shape index (κ3) is 2.66. The number of rotatable bonds is 2. The minimum Gasteiger partial charge on any atom is -0.335 e. The normalized spacial score (nSPS) is 16.2. The zero-order valence-corrected chi connectivity index (χ0v) is 13.5. The van der Waals surface area contributed by atoms with Crippen LogP contribution in [0.4, 0.5) is 0 Å². The van der Waals surface area contributed by atoms with Gasteiger partial charge in [-0.05, 0) is 64.7 Å². The van der Waals surface area contributed by atoms with Gasteiger partial charge in [-0.15, -0.1) is 0 Å². The lowest BCUT2D eigenvalue weighted by Crippen LogP contribution is -2.59. The quantitative estimate of drug-likeness (QED) is 0.701. The number of amides is 1. The molecule has 0 atom stereocenters. The number of carbonyl (C=O) groups is 1. The van der Waals surface area contributed by atoms with Crippen molar-refractivity contribution in [2.45, 2.75) is 6.04 Å². The Kier molecular flexibility index (Phi) is 4.10. The molecule has 2 rings (SSSR count). The van der Waals surface area contributed by atoms with E-state index in [1.165, 1.54) is 0 Å². The fourth-order valence-corrected chi connectivity index (χ4v) is 2.74. The zero-order chi connectivity index (χ0) is 12.6. The molecule has 0 radical (unpaired) electrons. The molecule has 1 amide bonds. The van der Waals surface area contributed by atoms with Crippen molar-refractivity contribution in [3.63, 3.8) is 0 Å². The lowest BCUT2D eigenvalue weighted by molar-refractivity contribution is 0.0398. The van der Waals surface area contributed by atoms with Crippen LogP contribution in [-0.2, 0) is 0 Å². The van der Waals surface area contributed by atoms with E-state index >= 15 is 0 Å². The predicted molar refractivity (Wildman–Crippen MR) is 80.2 cm³/mol. The van der Waals surface area contributed by atoms with Crippen molar-refractivity contribution in [1.29, 1.82) is 0 Å². The van der Waals surface area contributed by atoms with E-state index in [0.29, 0.717) is 6.04 Å². The summed E-state index contributed by atoms with van der Waals surface area (Å²) < 4.78 is 1.97. The largest absolute Gasteiger partial charge is 0.335 e. The summed E-state index contributed by atoms with van der Waals surface area (Å²) in [5.41, 5.74) is 0.789. The van der Waals surface area contributed by atoms with Crippen LogP contribution in [0.2, 0.25) is 0 Å². The molecule has 1 aromatic carbocycles. The smallest absolute Gasteiger partial charge is 0.255 e. The molecule has 0 saturated carbocycles. The number of hydrogen-bond donors (Lipinski definition) is 0. The number of nitrogens with zero attached hydrogens (tertiary/aromatic N) is 2. The summed E-state index contributed by atoms with van der Waals surface area (Å²) in [5, 5.41) is 0. The molecule has 0 unspecified atom stereocenters. The van der Waals surface area contributed by atoms with Crippen molar-refractivity contribution in [3.05, 3.63) is 31.8 Å². The van der Waals surface area contributed by atoms with Crippen molar-refractivity contribution in [1.82, 2.24) is 9.80 Å². The van der Waals surface area contributed by atoms with E-state index in [1.807, 2.05) is 23.1 Å². The second-order valence-electron chi connectivity index (χ2n) is 4.43. The molecule has 1 aliphatic rings. The van der Waals surface area contributed by atoms with E-state index in [-0.39, 0.29) is 5.91 Å². The summed E-state index contributed by atoms with van der Waals surface area (Å²) in [6, 6.07) is 6.25. The fourth-order valence-electron chi connectivity index (χ4n) is 1.79. The Bertz CT molecular complexity index is 444. The maximum Gasteiger partial charge on any atom is 0.255 e. The molecule has 5 heteroatoms. The summed E-state index contributed by atoms with van der Waals surface area (Å²) >= 11 is 5.66. The van der Waals surface area contributed by atoms with Crippen molar-refractivity contribution in [2.75, 3.05) is 27.2 Å². The summed E-state index contributed by atoms with van der Waals surface area (Å²) in [6.45, 7) is 1.66. The molecule has 17 heavy (non-hydrogen) atoms. The van der Waals surface area contributed by atoms with Gasteiger partial charge in [0.05, 0.1) is 5.56 Å². The summed E-state index contributed by atoms with van der Waals surface area (Å²) in [5.74, 6) is 0.133. The number of likely N-dealkylation sites (N-methyl/N-ethyl adjacent to an activating group) is 1. The molecule has 1 aromatic rings. The first kappa shape index (κ1) is 13.3. The maximum atomic E-state index is 12.2. The van der Waals surface area contributed by atoms with Gasteiger partial charge in [0.25, 0.3) is 5.91 Å². The molecule has 0 aromatic heterocycles. The van der Waals surface area contributed by atoms with Gasteiger partial charge in [-0.25, -0.2) is 0 Å². The molecule has 0 N–H and O–H groups in total. The number of carbonyl (C=O) groups excluding carboxylic acids is 1. The van der Waals surface area contributed by atoms with Gasteiger partial charge in [-0.1, -0.05) is 6.07 Å². The van der Waals surface area contributed by atoms with Crippen molar-refractivity contribution < 1.29 is 4.79 Å². The predicted octanol–water partition coefficient (Wildman–Crippen LogP) is 2.44. The van der Waals surface area contributed by atoms with E-state index < -0.39 is 0 Å². The number of halogens is 2. The van der Waals surface area contributed by atoms with Crippen LogP contribution >= 0.6 is 38.5 Å². The molecule has 1 fully saturated rings. The SMILES string of the molecule is CN(C)C1CN(C(=O)c2cccc(Br)c2I)C1. The van der Waals surface area contributed by atoms with Gasteiger partial charge in [-0.3, -0.25) is 4.79 Å². The van der Waals surface area contributed by atoms with Gasteiger partial charge in [0, 0.05) is 27.2 Å². The van der Waals surface area contributed by atoms with E-state index in [2.05, 4.69) is 57.5 Å². The Labute approximate surface area is 123 Å². The molecule has 92 valence electrons. The van der Waals surface area contributed by atoms with Gasteiger partial charge < -0.3 is 9.80 Å². The maximum absolute atomic E-state index is 12.2. The standard InChI is InChI=1S/C12H14BrIN2O/c1-15(2)8-6-16(7-8)12(17)9-4-3-5-10(13)11(9)14/h3-5,8H,6-7H2,1-2H3. The first-order chi connectivity index (χ1) is 8.00. The van der Waals surface area contributed by atoms with E-state index in [4.69, 9.17) is 0 Å². The molecular formula is C12H14BrIN2O. The van der Waals surface area contributed by atoms with Crippen LogP contribution in [0, 0.1) is 3.57 Å². The summed E-state index contributed by atoms with van der Waals surface area (Å²) in [4.78, 5) is 16.3. The first-order valence-corrected chi connectivity index (χ1v) is 7.27. The number of likely N-dealkylation sites (tertiary alicyclic amines) is 1. The Balaban J connectivity index is 2.09.